The van der Waals surface area contributed by atoms with Crippen molar-refractivity contribution in [2.45, 2.75) is 19.5 Å². The van der Waals surface area contributed by atoms with Gasteiger partial charge in [-0.2, -0.15) is 4.98 Å². The average Bonchev–Trinajstić information content (AvgIpc) is 3.42. The van der Waals surface area contributed by atoms with Crippen molar-refractivity contribution in [2.24, 2.45) is 0 Å². The number of aromatic nitrogens is 6. The molecule has 0 saturated carbocycles. The number of rotatable bonds is 5. The van der Waals surface area contributed by atoms with Crippen molar-refractivity contribution in [3.8, 4) is 28.7 Å². The number of benzene rings is 1. The van der Waals surface area contributed by atoms with Crippen molar-refractivity contribution in [3.63, 3.8) is 0 Å². The molecule has 1 aliphatic rings. The fraction of sp³-hybridized carbons (Fsp3) is 0.250. The van der Waals surface area contributed by atoms with Gasteiger partial charge in [-0.25, -0.2) is 4.98 Å². The molecule has 10 heteroatoms. The molecule has 0 aliphatic carbocycles. The molecule has 4 aromatic rings. The van der Waals surface area contributed by atoms with Gasteiger partial charge in [-0.1, -0.05) is 22.8 Å². The number of methoxy groups -OCH3 is 1. The smallest absolute Gasteiger partial charge is 0.258 e. The van der Waals surface area contributed by atoms with E-state index in [0.717, 1.165) is 42.4 Å². The SMILES string of the molecule is COc1cc(-c2nnc3n2CCCN3Cc2noc(-c3cccc(Cl)c3)n2)ccn1. The van der Waals surface area contributed by atoms with E-state index in [1.54, 1.807) is 25.4 Å². The van der Waals surface area contributed by atoms with Gasteiger partial charge in [0.15, 0.2) is 11.6 Å². The molecule has 0 atom stereocenters. The first-order chi connectivity index (χ1) is 14.7. The monoisotopic (exact) mass is 423 g/mol. The van der Waals surface area contributed by atoms with Gasteiger partial charge >= 0.3 is 0 Å². The Bertz CT molecular complexity index is 1190. The lowest BCUT2D eigenvalue weighted by atomic mass is 10.2. The minimum Gasteiger partial charge on any atom is -0.481 e. The minimum atomic E-state index is 0.440. The van der Waals surface area contributed by atoms with Crippen LogP contribution >= 0.6 is 11.6 Å². The normalized spacial score (nSPS) is 13.3. The largest absolute Gasteiger partial charge is 0.481 e. The molecule has 4 heterocycles. The van der Waals surface area contributed by atoms with Crippen molar-refractivity contribution < 1.29 is 9.26 Å². The van der Waals surface area contributed by atoms with Crippen LogP contribution in [0.3, 0.4) is 0 Å². The summed E-state index contributed by atoms with van der Waals surface area (Å²) in [4.78, 5) is 10.8. The van der Waals surface area contributed by atoms with Crippen LogP contribution in [0.2, 0.25) is 5.02 Å². The molecule has 0 saturated heterocycles. The first-order valence-electron chi connectivity index (χ1n) is 9.48. The summed E-state index contributed by atoms with van der Waals surface area (Å²) in [7, 11) is 1.59. The number of hydrogen-bond donors (Lipinski definition) is 0. The van der Waals surface area contributed by atoms with Crippen molar-refractivity contribution >= 4 is 17.5 Å². The van der Waals surface area contributed by atoms with Crippen molar-refractivity contribution in [2.75, 3.05) is 18.6 Å². The number of fused-ring (bicyclic) bond motifs is 1. The number of ether oxygens (including phenoxy) is 1. The molecule has 0 amide bonds. The van der Waals surface area contributed by atoms with E-state index in [1.807, 2.05) is 24.3 Å². The molecular weight excluding hydrogens is 406 g/mol. The molecule has 0 fully saturated rings. The molecule has 152 valence electrons. The molecule has 30 heavy (non-hydrogen) atoms. The zero-order chi connectivity index (χ0) is 20.5. The Hall–Kier alpha value is -3.46. The standard InChI is InChI=1S/C20H18ClN7O2/c1-29-17-11-13(6-7-22-17)18-24-25-20-27(8-3-9-28(18)20)12-16-23-19(30-26-16)14-4-2-5-15(21)10-14/h2,4-7,10-11H,3,8-9,12H2,1H3. The molecule has 3 aromatic heterocycles. The maximum atomic E-state index is 6.06. The van der Waals surface area contributed by atoms with E-state index < -0.39 is 0 Å². The van der Waals surface area contributed by atoms with E-state index in [1.165, 1.54) is 0 Å². The van der Waals surface area contributed by atoms with Gasteiger partial charge in [-0.15, -0.1) is 10.2 Å². The summed E-state index contributed by atoms with van der Waals surface area (Å²) in [6.45, 7) is 2.14. The highest BCUT2D eigenvalue weighted by Gasteiger charge is 2.25. The fourth-order valence-electron chi connectivity index (χ4n) is 3.51. The predicted octanol–water partition coefficient (Wildman–Crippen LogP) is 3.46. The third-order valence-electron chi connectivity index (χ3n) is 4.90. The van der Waals surface area contributed by atoms with E-state index in [2.05, 4.69) is 34.8 Å². The molecule has 5 rings (SSSR count). The van der Waals surface area contributed by atoms with Gasteiger partial charge in [0.2, 0.25) is 11.8 Å². The first kappa shape index (κ1) is 18.6. The van der Waals surface area contributed by atoms with Crippen molar-refractivity contribution in [3.05, 3.63) is 53.4 Å². The van der Waals surface area contributed by atoms with E-state index in [9.17, 15) is 0 Å². The molecule has 1 aliphatic heterocycles. The molecule has 0 spiro atoms. The Morgan fingerprint density at radius 1 is 1.13 bits per heavy atom. The number of halogens is 1. The molecule has 9 nitrogen and oxygen atoms in total. The maximum absolute atomic E-state index is 6.06. The molecule has 0 N–H and O–H groups in total. The summed E-state index contributed by atoms with van der Waals surface area (Å²) in [5.74, 6) is 3.12. The Morgan fingerprint density at radius 3 is 2.93 bits per heavy atom. The van der Waals surface area contributed by atoms with Crippen molar-refractivity contribution in [1.29, 1.82) is 0 Å². The van der Waals surface area contributed by atoms with Gasteiger partial charge in [0.1, 0.15) is 0 Å². The van der Waals surface area contributed by atoms with Gasteiger partial charge in [0, 0.05) is 41.5 Å². The van der Waals surface area contributed by atoms with E-state index >= 15 is 0 Å². The highest BCUT2D eigenvalue weighted by molar-refractivity contribution is 6.30. The molecular formula is C20H18ClN7O2. The Kier molecular flexibility index (Phi) is 4.80. The third-order valence-corrected chi connectivity index (χ3v) is 5.13. The predicted molar refractivity (Wildman–Crippen MR) is 110 cm³/mol. The number of anilines is 1. The molecule has 0 bridgehead atoms. The van der Waals surface area contributed by atoms with Crippen molar-refractivity contribution in [1.82, 2.24) is 29.9 Å². The van der Waals surface area contributed by atoms with Gasteiger partial charge in [-0.05, 0) is 30.7 Å². The highest BCUT2D eigenvalue weighted by atomic mass is 35.5. The zero-order valence-corrected chi connectivity index (χ0v) is 17.0. The van der Waals surface area contributed by atoms with E-state index in [4.69, 9.17) is 20.9 Å². The van der Waals surface area contributed by atoms with E-state index in [0.29, 0.717) is 29.2 Å². The number of hydrogen-bond acceptors (Lipinski definition) is 8. The molecule has 0 radical (unpaired) electrons. The maximum Gasteiger partial charge on any atom is 0.258 e. The van der Waals surface area contributed by atoms with Crippen LogP contribution in [-0.2, 0) is 13.1 Å². The third kappa shape index (κ3) is 3.48. The van der Waals surface area contributed by atoms with Gasteiger partial charge in [0.25, 0.3) is 5.89 Å². The topological polar surface area (TPSA) is 95.0 Å². The quantitative estimate of drug-likeness (QED) is 0.481. The summed E-state index contributed by atoms with van der Waals surface area (Å²) < 4.78 is 12.7. The van der Waals surface area contributed by atoms with Gasteiger partial charge in [0.05, 0.1) is 13.7 Å². The zero-order valence-electron chi connectivity index (χ0n) is 16.2. The lowest BCUT2D eigenvalue weighted by molar-refractivity contribution is 0.398. The fourth-order valence-corrected chi connectivity index (χ4v) is 3.70. The van der Waals surface area contributed by atoms with Crippen LogP contribution in [0.25, 0.3) is 22.8 Å². The Morgan fingerprint density at radius 2 is 2.07 bits per heavy atom. The summed E-state index contributed by atoms with van der Waals surface area (Å²) in [6.07, 6.45) is 2.66. The second-order valence-electron chi connectivity index (χ2n) is 6.86. The summed E-state index contributed by atoms with van der Waals surface area (Å²) in [5, 5.41) is 13.6. The minimum absolute atomic E-state index is 0.440. The summed E-state index contributed by atoms with van der Waals surface area (Å²) in [6, 6.07) is 11.1. The second kappa shape index (κ2) is 7.75. The van der Waals surface area contributed by atoms with Gasteiger partial charge in [-0.3, -0.25) is 4.57 Å². The molecule has 1 aromatic carbocycles. The summed E-state index contributed by atoms with van der Waals surface area (Å²) >= 11 is 6.06. The highest BCUT2D eigenvalue weighted by Crippen LogP contribution is 2.29. The summed E-state index contributed by atoms with van der Waals surface area (Å²) in [5.41, 5.74) is 1.70. The van der Waals surface area contributed by atoms with Crippen LogP contribution in [0.5, 0.6) is 5.88 Å². The second-order valence-corrected chi connectivity index (χ2v) is 7.30. The van der Waals surface area contributed by atoms with Crippen LogP contribution in [0.1, 0.15) is 12.2 Å². The van der Waals surface area contributed by atoms with Crippen LogP contribution in [0.4, 0.5) is 5.95 Å². The van der Waals surface area contributed by atoms with Crippen LogP contribution < -0.4 is 9.64 Å². The Balaban J connectivity index is 1.40. The number of nitrogens with zero attached hydrogens (tertiary/aromatic N) is 7. The van der Waals surface area contributed by atoms with E-state index in [-0.39, 0.29) is 0 Å². The van der Waals surface area contributed by atoms with Crippen LogP contribution in [-0.4, -0.2) is 43.5 Å². The average molecular weight is 424 g/mol. The van der Waals surface area contributed by atoms with Crippen LogP contribution in [0.15, 0.2) is 47.1 Å². The first-order valence-corrected chi connectivity index (χ1v) is 9.86. The lowest BCUT2D eigenvalue weighted by Gasteiger charge is -2.27. The lowest BCUT2D eigenvalue weighted by Crippen LogP contribution is -2.32. The Labute approximate surface area is 177 Å². The number of pyridine rings is 1. The van der Waals surface area contributed by atoms with Gasteiger partial charge < -0.3 is 14.2 Å². The van der Waals surface area contributed by atoms with Crippen LogP contribution in [0, 0.1) is 0 Å². The molecule has 0 unspecified atom stereocenters.